The average Bonchev–Trinajstić information content (AvgIpc) is 3.15. The Kier molecular flexibility index (Phi) is 7.27. The summed E-state index contributed by atoms with van der Waals surface area (Å²) in [4.78, 5) is 25.4. The molecule has 3 aromatic rings. The zero-order valence-corrected chi connectivity index (χ0v) is 20.3. The van der Waals surface area contributed by atoms with Gasteiger partial charge in [0.15, 0.2) is 5.69 Å². The lowest BCUT2D eigenvalue weighted by Crippen LogP contribution is -2.45. The van der Waals surface area contributed by atoms with E-state index < -0.39 is 5.91 Å². The SMILES string of the molecule is Cc1c(C(=O)NNC(=O)C2CCCCC2)nn(-c2ccc(Cl)cc2Cl)c1-c1ccc(Cl)cc1. The maximum absolute atomic E-state index is 13.0. The molecule has 0 radical (unpaired) electrons. The van der Waals surface area contributed by atoms with E-state index in [1.165, 1.54) is 0 Å². The molecule has 1 aromatic heterocycles. The van der Waals surface area contributed by atoms with Gasteiger partial charge < -0.3 is 0 Å². The zero-order valence-electron chi connectivity index (χ0n) is 18.0. The number of carbonyl (C=O) groups excluding carboxylic acids is 2. The van der Waals surface area contributed by atoms with Gasteiger partial charge in [-0.1, -0.05) is 66.2 Å². The first-order valence-corrected chi connectivity index (χ1v) is 11.9. The Morgan fingerprint density at radius 3 is 2.27 bits per heavy atom. The predicted molar refractivity (Wildman–Crippen MR) is 131 cm³/mol. The second kappa shape index (κ2) is 10.2. The summed E-state index contributed by atoms with van der Waals surface area (Å²) in [6, 6.07) is 12.3. The number of halogens is 3. The fourth-order valence-electron chi connectivity index (χ4n) is 4.13. The van der Waals surface area contributed by atoms with Crippen LogP contribution in [0.3, 0.4) is 0 Å². The summed E-state index contributed by atoms with van der Waals surface area (Å²) in [5.74, 6) is -0.746. The summed E-state index contributed by atoms with van der Waals surface area (Å²) in [6.45, 7) is 1.80. The number of hydrogen-bond donors (Lipinski definition) is 2. The monoisotopic (exact) mass is 504 g/mol. The first-order valence-electron chi connectivity index (χ1n) is 10.8. The maximum Gasteiger partial charge on any atom is 0.290 e. The van der Waals surface area contributed by atoms with Crippen LogP contribution in [-0.4, -0.2) is 21.6 Å². The third-order valence-electron chi connectivity index (χ3n) is 5.87. The zero-order chi connectivity index (χ0) is 23.5. The van der Waals surface area contributed by atoms with Crippen LogP contribution in [0.4, 0.5) is 0 Å². The Hall–Kier alpha value is -2.54. The number of hydrogen-bond acceptors (Lipinski definition) is 3. The van der Waals surface area contributed by atoms with Crippen LogP contribution in [0.5, 0.6) is 0 Å². The van der Waals surface area contributed by atoms with Crippen LogP contribution in [-0.2, 0) is 4.79 Å². The molecule has 172 valence electrons. The summed E-state index contributed by atoms with van der Waals surface area (Å²) in [6.07, 6.45) is 4.88. The van der Waals surface area contributed by atoms with E-state index in [1.54, 1.807) is 41.9 Å². The minimum atomic E-state index is -0.504. The summed E-state index contributed by atoms with van der Waals surface area (Å²) < 4.78 is 1.61. The lowest BCUT2D eigenvalue weighted by molar-refractivity contribution is -0.126. The van der Waals surface area contributed by atoms with Crippen molar-refractivity contribution in [2.45, 2.75) is 39.0 Å². The van der Waals surface area contributed by atoms with Crippen LogP contribution < -0.4 is 10.9 Å². The highest BCUT2D eigenvalue weighted by Crippen LogP contribution is 2.33. The number of benzene rings is 2. The number of hydrazine groups is 1. The quantitative estimate of drug-likeness (QED) is 0.418. The minimum Gasteiger partial charge on any atom is -0.273 e. The second-order valence-corrected chi connectivity index (χ2v) is 9.40. The van der Waals surface area contributed by atoms with E-state index in [1.807, 2.05) is 12.1 Å². The van der Waals surface area contributed by atoms with Crippen LogP contribution in [0.15, 0.2) is 42.5 Å². The van der Waals surface area contributed by atoms with Gasteiger partial charge in [0.1, 0.15) is 0 Å². The fraction of sp³-hybridized carbons (Fsp3) is 0.292. The molecule has 1 aliphatic rings. The van der Waals surface area contributed by atoms with E-state index in [4.69, 9.17) is 34.8 Å². The molecule has 0 spiro atoms. The number of nitrogens with zero attached hydrogens (tertiary/aromatic N) is 2. The van der Waals surface area contributed by atoms with Crippen LogP contribution in [0, 0.1) is 12.8 Å². The van der Waals surface area contributed by atoms with Gasteiger partial charge in [0.05, 0.1) is 16.4 Å². The van der Waals surface area contributed by atoms with E-state index >= 15 is 0 Å². The Morgan fingerprint density at radius 1 is 0.939 bits per heavy atom. The van der Waals surface area contributed by atoms with Crippen molar-refractivity contribution in [3.8, 4) is 16.9 Å². The van der Waals surface area contributed by atoms with Crippen molar-refractivity contribution in [2.75, 3.05) is 0 Å². The third-order valence-corrected chi connectivity index (χ3v) is 6.66. The van der Waals surface area contributed by atoms with Gasteiger partial charge in [0, 0.05) is 27.1 Å². The molecule has 0 aliphatic heterocycles. The molecule has 1 saturated carbocycles. The summed E-state index contributed by atoms with van der Waals surface area (Å²) >= 11 is 18.6. The number of rotatable bonds is 4. The van der Waals surface area contributed by atoms with E-state index in [-0.39, 0.29) is 17.5 Å². The molecule has 1 aliphatic carbocycles. The van der Waals surface area contributed by atoms with Crippen molar-refractivity contribution < 1.29 is 9.59 Å². The van der Waals surface area contributed by atoms with Gasteiger partial charge in [-0.15, -0.1) is 0 Å². The number of nitrogens with one attached hydrogen (secondary N) is 2. The minimum absolute atomic E-state index is 0.0739. The molecule has 4 rings (SSSR count). The van der Waals surface area contributed by atoms with Gasteiger partial charge >= 0.3 is 0 Å². The normalized spacial score (nSPS) is 14.2. The van der Waals surface area contributed by atoms with E-state index in [0.29, 0.717) is 32.0 Å². The van der Waals surface area contributed by atoms with Gasteiger partial charge in [-0.25, -0.2) is 4.68 Å². The van der Waals surface area contributed by atoms with E-state index in [0.717, 1.165) is 37.7 Å². The third kappa shape index (κ3) is 5.18. The Bertz CT molecular complexity index is 1190. The van der Waals surface area contributed by atoms with Gasteiger partial charge in [-0.05, 0) is 50.1 Å². The van der Waals surface area contributed by atoms with Crippen molar-refractivity contribution in [1.29, 1.82) is 0 Å². The summed E-state index contributed by atoms with van der Waals surface area (Å²) in [7, 11) is 0. The molecule has 0 saturated heterocycles. The molecule has 2 aromatic carbocycles. The molecule has 6 nitrogen and oxygen atoms in total. The van der Waals surface area contributed by atoms with Crippen molar-refractivity contribution in [2.24, 2.45) is 5.92 Å². The first kappa shape index (κ1) is 23.6. The van der Waals surface area contributed by atoms with Crippen molar-refractivity contribution in [3.05, 3.63) is 68.8 Å². The first-order chi connectivity index (χ1) is 15.8. The van der Waals surface area contributed by atoms with Crippen molar-refractivity contribution >= 4 is 46.6 Å². The van der Waals surface area contributed by atoms with Gasteiger partial charge in [-0.2, -0.15) is 5.10 Å². The molecule has 0 bridgehead atoms. The maximum atomic E-state index is 13.0. The topological polar surface area (TPSA) is 76.0 Å². The average molecular weight is 506 g/mol. The number of aromatic nitrogens is 2. The predicted octanol–water partition coefficient (Wildman–Crippen LogP) is 6.15. The van der Waals surface area contributed by atoms with Crippen LogP contribution in [0.25, 0.3) is 16.9 Å². The lowest BCUT2D eigenvalue weighted by Gasteiger charge is -2.20. The highest BCUT2D eigenvalue weighted by molar-refractivity contribution is 6.35. The Balaban J connectivity index is 1.67. The standard InChI is InChI=1S/C24H23Cl3N4O2/c1-14-21(24(33)29-28-23(32)16-5-3-2-4-6-16)30-31(20-12-11-18(26)13-19(20)27)22(14)15-7-9-17(25)10-8-15/h7-13,16H,2-6H2,1H3,(H,28,32)(H,29,33). The van der Waals surface area contributed by atoms with E-state index in [9.17, 15) is 9.59 Å². The van der Waals surface area contributed by atoms with Crippen LogP contribution in [0.1, 0.15) is 48.2 Å². The molecule has 2 amide bonds. The molecule has 0 atom stereocenters. The van der Waals surface area contributed by atoms with Crippen molar-refractivity contribution in [1.82, 2.24) is 20.6 Å². The summed E-state index contributed by atoms with van der Waals surface area (Å²) in [5, 5.41) is 6.02. The van der Waals surface area contributed by atoms with Crippen LogP contribution in [0.2, 0.25) is 15.1 Å². The van der Waals surface area contributed by atoms with Crippen LogP contribution >= 0.6 is 34.8 Å². The molecular formula is C24H23Cl3N4O2. The number of amides is 2. The van der Waals surface area contributed by atoms with Gasteiger partial charge in [-0.3, -0.25) is 20.4 Å². The highest BCUT2D eigenvalue weighted by Gasteiger charge is 2.25. The lowest BCUT2D eigenvalue weighted by atomic mass is 9.89. The molecule has 9 heteroatoms. The largest absolute Gasteiger partial charge is 0.290 e. The van der Waals surface area contributed by atoms with E-state index in [2.05, 4.69) is 16.0 Å². The van der Waals surface area contributed by atoms with Gasteiger partial charge in [0.2, 0.25) is 5.91 Å². The smallest absolute Gasteiger partial charge is 0.273 e. The molecule has 1 fully saturated rings. The second-order valence-electron chi connectivity index (χ2n) is 8.11. The fourth-order valence-corrected chi connectivity index (χ4v) is 4.74. The summed E-state index contributed by atoms with van der Waals surface area (Å²) in [5.41, 5.74) is 7.95. The number of carbonyl (C=O) groups is 2. The molecular weight excluding hydrogens is 483 g/mol. The Morgan fingerprint density at radius 2 is 1.61 bits per heavy atom. The van der Waals surface area contributed by atoms with Crippen molar-refractivity contribution in [3.63, 3.8) is 0 Å². The molecule has 2 N–H and O–H groups in total. The van der Waals surface area contributed by atoms with Gasteiger partial charge in [0.25, 0.3) is 5.91 Å². The molecule has 0 unspecified atom stereocenters. The molecule has 1 heterocycles. The Labute approximate surface area is 207 Å². The molecule has 33 heavy (non-hydrogen) atoms. The highest BCUT2D eigenvalue weighted by atomic mass is 35.5.